The number of carbonyl (C=O) groups is 1. The van der Waals surface area contributed by atoms with Crippen molar-refractivity contribution in [2.45, 2.75) is 52.1 Å². The van der Waals surface area contributed by atoms with Crippen LogP contribution in [0.4, 0.5) is 0 Å². The molecule has 0 saturated carbocycles. The molecule has 24 heavy (non-hydrogen) atoms. The normalized spacial score (nSPS) is 14.7. The van der Waals surface area contributed by atoms with Gasteiger partial charge in [-0.1, -0.05) is 49.4 Å². The molecular formula is C19H29O4P. The predicted molar refractivity (Wildman–Crippen MR) is 99.3 cm³/mol. The Labute approximate surface area is 145 Å². The highest BCUT2D eigenvalue weighted by Gasteiger charge is 2.51. The minimum Gasteiger partial charge on any atom is -0.308 e. The van der Waals surface area contributed by atoms with Crippen molar-refractivity contribution in [2.24, 2.45) is 0 Å². The largest absolute Gasteiger partial charge is 0.344 e. The van der Waals surface area contributed by atoms with Crippen LogP contribution in [-0.2, 0) is 18.4 Å². The predicted octanol–water partition coefficient (Wildman–Crippen LogP) is 5.48. The maximum atomic E-state index is 13.3. The van der Waals surface area contributed by atoms with E-state index in [0.717, 1.165) is 5.56 Å². The number of Topliss-reactive ketones (excluding diaryl/α,β-unsaturated/α-hetero) is 1. The van der Waals surface area contributed by atoms with E-state index < -0.39 is 12.8 Å². The van der Waals surface area contributed by atoms with Crippen molar-refractivity contribution < 1.29 is 18.4 Å². The number of rotatable bonds is 11. The Kier molecular flexibility index (Phi) is 8.61. The molecule has 1 aromatic rings. The van der Waals surface area contributed by atoms with E-state index in [1.54, 1.807) is 20.8 Å². The lowest BCUT2D eigenvalue weighted by atomic mass is 9.97. The molecule has 1 atom stereocenters. The maximum absolute atomic E-state index is 13.3. The molecule has 1 aromatic carbocycles. The standard InChI is InChI=1S/C19H29O4P/c1-5-12-18(20)19(4,24(21,22-6-2)23-7-3)16-11-15-17-13-9-8-10-14-17/h8-11,13-15H,5-7,12,16H2,1-4H3/b15-11+. The zero-order chi connectivity index (χ0) is 18.1. The van der Waals surface area contributed by atoms with E-state index in [2.05, 4.69) is 0 Å². The van der Waals surface area contributed by atoms with Gasteiger partial charge in [-0.3, -0.25) is 9.36 Å². The van der Waals surface area contributed by atoms with Crippen LogP contribution in [0, 0.1) is 0 Å². The number of carbonyl (C=O) groups excluding carboxylic acids is 1. The molecule has 0 spiro atoms. The monoisotopic (exact) mass is 352 g/mol. The lowest BCUT2D eigenvalue weighted by Gasteiger charge is -2.34. The van der Waals surface area contributed by atoms with Crippen molar-refractivity contribution in [2.75, 3.05) is 13.2 Å². The second-order valence-corrected chi connectivity index (χ2v) is 8.30. The Morgan fingerprint density at radius 3 is 2.21 bits per heavy atom. The van der Waals surface area contributed by atoms with Gasteiger partial charge in [-0.25, -0.2) is 0 Å². The van der Waals surface area contributed by atoms with Gasteiger partial charge in [0.1, 0.15) is 5.16 Å². The summed E-state index contributed by atoms with van der Waals surface area (Å²) in [5.41, 5.74) is 1.03. The molecule has 1 unspecified atom stereocenters. The van der Waals surface area contributed by atoms with E-state index >= 15 is 0 Å². The SMILES string of the molecule is CCCC(=O)C(C)(C/C=C/c1ccccc1)P(=O)(OCC)OCC. The van der Waals surface area contributed by atoms with Crippen LogP contribution in [0.15, 0.2) is 36.4 Å². The van der Waals surface area contributed by atoms with E-state index in [-0.39, 0.29) is 19.0 Å². The first-order valence-corrected chi connectivity index (χ1v) is 10.1. The molecule has 4 nitrogen and oxygen atoms in total. The number of allylic oxidation sites excluding steroid dienone is 1. The topological polar surface area (TPSA) is 52.6 Å². The van der Waals surface area contributed by atoms with Gasteiger partial charge < -0.3 is 9.05 Å². The fourth-order valence-electron chi connectivity index (χ4n) is 2.53. The van der Waals surface area contributed by atoms with E-state index in [1.165, 1.54) is 0 Å². The van der Waals surface area contributed by atoms with Crippen molar-refractivity contribution >= 4 is 19.5 Å². The van der Waals surface area contributed by atoms with Crippen LogP contribution in [0.1, 0.15) is 52.5 Å². The molecule has 0 aliphatic heterocycles. The average Bonchev–Trinajstić information content (AvgIpc) is 2.56. The molecule has 0 fully saturated rings. The molecule has 0 saturated heterocycles. The number of benzene rings is 1. The zero-order valence-electron chi connectivity index (χ0n) is 15.2. The number of ketones is 1. The van der Waals surface area contributed by atoms with Gasteiger partial charge in [0.25, 0.3) is 0 Å². The molecule has 0 aliphatic carbocycles. The molecule has 0 N–H and O–H groups in total. The van der Waals surface area contributed by atoms with Crippen molar-refractivity contribution in [3.63, 3.8) is 0 Å². The molecule has 0 amide bonds. The molecule has 5 heteroatoms. The zero-order valence-corrected chi connectivity index (χ0v) is 16.1. The number of hydrogen-bond acceptors (Lipinski definition) is 4. The van der Waals surface area contributed by atoms with Gasteiger partial charge in [-0.2, -0.15) is 0 Å². The molecule has 0 aromatic heterocycles. The Bertz CT molecular complexity index is 572. The first-order chi connectivity index (χ1) is 11.4. The van der Waals surface area contributed by atoms with Crippen LogP contribution in [0.25, 0.3) is 6.08 Å². The van der Waals surface area contributed by atoms with Crippen molar-refractivity contribution in [3.8, 4) is 0 Å². The van der Waals surface area contributed by atoms with E-state index in [0.29, 0.717) is 19.3 Å². The lowest BCUT2D eigenvalue weighted by molar-refractivity contribution is -0.121. The first kappa shape index (κ1) is 20.8. The molecule has 134 valence electrons. The van der Waals surface area contributed by atoms with Crippen LogP contribution < -0.4 is 0 Å². The Hall–Kier alpha value is -1.22. The quantitative estimate of drug-likeness (QED) is 0.495. The van der Waals surface area contributed by atoms with Crippen LogP contribution in [0.3, 0.4) is 0 Å². The molecule has 0 heterocycles. The first-order valence-electron chi connectivity index (χ1n) is 8.57. The summed E-state index contributed by atoms with van der Waals surface area (Å²) in [6.45, 7) is 7.65. The lowest BCUT2D eigenvalue weighted by Crippen LogP contribution is -2.36. The van der Waals surface area contributed by atoms with Crippen LogP contribution in [0.2, 0.25) is 0 Å². The summed E-state index contributed by atoms with van der Waals surface area (Å²) in [7, 11) is -3.55. The highest BCUT2D eigenvalue weighted by molar-refractivity contribution is 7.56. The van der Waals surface area contributed by atoms with Gasteiger partial charge in [0, 0.05) is 6.42 Å². The third-order valence-corrected chi connectivity index (χ3v) is 6.74. The number of hydrogen-bond donors (Lipinski definition) is 0. The minimum absolute atomic E-state index is 0.0760. The summed E-state index contributed by atoms with van der Waals surface area (Å²) in [5, 5.41) is -1.17. The van der Waals surface area contributed by atoms with Gasteiger partial charge >= 0.3 is 7.60 Å². The Balaban J connectivity index is 3.11. The van der Waals surface area contributed by atoms with Crippen molar-refractivity contribution in [1.82, 2.24) is 0 Å². The van der Waals surface area contributed by atoms with Gasteiger partial charge in [-0.05, 0) is 39.2 Å². The van der Waals surface area contributed by atoms with Crippen LogP contribution in [-0.4, -0.2) is 24.2 Å². The molecule has 1 rings (SSSR count). The minimum atomic E-state index is -3.55. The Morgan fingerprint density at radius 1 is 1.12 bits per heavy atom. The van der Waals surface area contributed by atoms with Gasteiger partial charge in [0.05, 0.1) is 13.2 Å². The van der Waals surface area contributed by atoms with E-state index in [4.69, 9.17) is 9.05 Å². The molecular weight excluding hydrogens is 323 g/mol. The summed E-state index contributed by atoms with van der Waals surface area (Å²) < 4.78 is 24.3. The summed E-state index contributed by atoms with van der Waals surface area (Å²) in [6.07, 6.45) is 5.19. The fourth-order valence-corrected chi connectivity index (χ4v) is 4.60. The van der Waals surface area contributed by atoms with Crippen LogP contribution >= 0.6 is 7.60 Å². The summed E-state index contributed by atoms with van der Waals surface area (Å²) >= 11 is 0. The third-order valence-electron chi connectivity index (χ3n) is 3.91. The summed E-state index contributed by atoms with van der Waals surface area (Å²) in [4.78, 5) is 12.7. The second-order valence-electron chi connectivity index (χ2n) is 5.80. The van der Waals surface area contributed by atoms with Crippen molar-refractivity contribution in [3.05, 3.63) is 42.0 Å². The van der Waals surface area contributed by atoms with E-state index in [1.807, 2.05) is 49.4 Å². The van der Waals surface area contributed by atoms with Gasteiger partial charge in [0.15, 0.2) is 5.78 Å². The fraction of sp³-hybridized carbons (Fsp3) is 0.526. The molecule has 0 radical (unpaired) electrons. The average molecular weight is 352 g/mol. The van der Waals surface area contributed by atoms with Crippen molar-refractivity contribution in [1.29, 1.82) is 0 Å². The van der Waals surface area contributed by atoms with Gasteiger partial charge in [-0.15, -0.1) is 0 Å². The highest BCUT2D eigenvalue weighted by atomic mass is 31.2. The smallest absolute Gasteiger partial charge is 0.308 e. The third kappa shape index (κ3) is 5.14. The summed E-state index contributed by atoms with van der Waals surface area (Å²) in [5.74, 6) is -0.0760. The van der Waals surface area contributed by atoms with E-state index in [9.17, 15) is 9.36 Å². The molecule has 0 aliphatic rings. The van der Waals surface area contributed by atoms with Gasteiger partial charge in [0.2, 0.25) is 0 Å². The molecule has 0 bridgehead atoms. The Morgan fingerprint density at radius 2 is 1.71 bits per heavy atom. The highest BCUT2D eigenvalue weighted by Crippen LogP contribution is 2.62. The van der Waals surface area contributed by atoms with Crippen LogP contribution in [0.5, 0.6) is 0 Å². The maximum Gasteiger partial charge on any atom is 0.344 e. The summed E-state index contributed by atoms with van der Waals surface area (Å²) in [6, 6.07) is 9.81. The second kappa shape index (κ2) is 9.93.